The van der Waals surface area contributed by atoms with Crippen LogP contribution in [0.4, 0.5) is 0 Å². The highest BCUT2D eigenvalue weighted by atomic mass is 14.5. The van der Waals surface area contributed by atoms with E-state index in [4.69, 9.17) is 0 Å². The van der Waals surface area contributed by atoms with Crippen LogP contribution >= 0.6 is 0 Å². The molecule has 1 atom stereocenters. The van der Waals surface area contributed by atoms with Crippen LogP contribution < -0.4 is 0 Å². The van der Waals surface area contributed by atoms with E-state index in [2.05, 4.69) is 134 Å². The summed E-state index contributed by atoms with van der Waals surface area (Å²) in [5.41, 5.74) is 11.8. The highest BCUT2D eigenvalue weighted by Crippen LogP contribution is 2.59. The molecule has 0 radical (unpaired) electrons. The predicted octanol–water partition coefficient (Wildman–Crippen LogP) is 9.41. The minimum absolute atomic E-state index is 0.320. The topological polar surface area (TPSA) is 0 Å². The third kappa shape index (κ3) is 2.94. The van der Waals surface area contributed by atoms with Crippen molar-refractivity contribution < 1.29 is 0 Å². The zero-order chi connectivity index (χ0) is 24.1. The summed E-state index contributed by atoms with van der Waals surface area (Å²) in [6.45, 7) is 2.21. The zero-order valence-corrected chi connectivity index (χ0v) is 20.5. The summed E-state index contributed by atoms with van der Waals surface area (Å²) in [7, 11) is 0. The molecule has 2 aliphatic rings. The molecule has 0 N–H and O–H groups in total. The van der Waals surface area contributed by atoms with Crippen molar-refractivity contribution >= 4 is 10.8 Å². The fourth-order valence-corrected chi connectivity index (χ4v) is 6.60. The normalized spacial score (nSPS) is 18.1. The Morgan fingerprint density at radius 2 is 1.36 bits per heavy atom. The smallest absolute Gasteiger partial charge is 0.0710 e. The maximum atomic E-state index is 2.47. The van der Waals surface area contributed by atoms with E-state index in [0.717, 1.165) is 12.8 Å². The quantitative estimate of drug-likeness (QED) is 0.251. The summed E-state index contributed by atoms with van der Waals surface area (Å²) in [6, 6.07) is 40.6. The van der Waals surface area contributed by atoms with Crippen molar-refractivity contribution in [2.45, 2.75) is 25.2 Å². The summed E-state index contributed by atoms with van der Waals surface area (Å²) in [6.07, 6.45) is 9.38. The second kappa shape index (κ2) is 8.21. The Morgan fingerprint density at radius 1 is 0.611 bits per heavy atom. The van der Waals surface area contributed by atoms with Gasteiger partial charge in [0.05, 0.1) is 5.41 Å². The molecule has 0 aromatic heterocycles. The number of fused-ring (bicyclic) bond motifs is 4. The van der Waals surface area contributed by atoms with Crippen LogP contribution in [0.2, 0.25) is 0 Å². The van der Waals surface area contributed by atoms with Crippen LogP contribution in [0, 0.1) is 6.92 Å². The maximum absolute atomic E-state index is 2.47. The molecule has 5 aromatic carbocycles. The Labute approximate surface area is 213 Å². The molecule has 0 heteroatoms. The first-order valence-corrected chi connectivity index (χ1v) is 12.9. The van der Waals surface area contributed by atoms with Crippen molar-refractivity contribution in [3.63, 3.8) is 0 Å². The first-order valence-electron chi connectivity index (χ1n) is 12.9. The fourth-order valence-electron chi connectivity index (χ4n) is 6.60. The number of benzene rings is 5. The van der Waals surface area contributed by atoms with E-state index in [-0.39, 0.29) is 5.41 Å². The molecule has 2 aliphatic carbocycles. The van der Waals surface area contributed by atoms with Crippen LogP contribution in [0.1, 0.15) is 35.1 Å². The van der Waals surface area contributed by atoms with E-state index in [1.165, 1.54) is 60.9 Å². The van der Waals surface area contributed by atoms with Crippen LogP contribution in [0.5, 0.6) is 0 Å². The molecule has 7 rings (SSSR count). The minimum atomic E-state index is -0.320. The van der Waals surface area contributed by atoms with E-state index in [1.807, 2.05) is 0 Å². The Hall–Kier alpha value is -4.16. The van der Waals surface area contributed by atoms with E-state index in [9.17, 15) is 0 Å². The fraction of sp³-hybridized carbons (Fsp3) is 0.111. The molecule has 1 unspecified atom stereocenters. The molecule has 0 saturated heterocycles. The van der Waals surface area contributed by atoms with Crippen LogP contribution in [0.25, 0.3) is 33.0 Å². The highest BCUT2D eigenvalue weighted by molar-refractivity contribution is 6.04. The summed E-state index contributed by atoms with van der Waals surface area (Å²) >= 11 is 0. The lowest BCUT2D eigenvalue weighted by atomic mass is 9.66. The lowest BCUT2D eigenvalue weighted by Crippen LogP contribution is -2.29. The maximum Gasteiger partial charge on any atom is 0.0710 e. The molecular weight excluding hydrogens is 432 g/mol. The summed E-state index contributed by atoms with van der Waals surface area (Å²) < 4.78 is 0. The van der Waals surface area contributed by atoms with Crippen molar-refractivity contribution in [1.82, 2.24) is 0 Å². The highest BCUT2D eigenvalue weighted by Gasteiger charge is 2.47. The van der Waals surface area contributed by atoms with Crippen molar-refractivity contribution in [3.8, 4) is 22.3 Å². The van der Waals surface area contributed by atoms with E-state index in [1.54, 1.807) is 0 Å². The molecule has 5 aromatic rings. The van der Waals surface area contributed by atoms with Crippen molar-refractivity contribution in [2.24, 2.45) is 0 Å². The van der Waals surface area contributed by atoms with Gasteiger partial charge in [0.25, 0.3) is 0 Å². The average molecular weight is 461 g/mol. The van der Waals surface area contributed by atoms with Gasteiger partial charge in [-0.1, -0.05) is 127 Å². The summed E-state index contributed by atoms with van der Waals surface area (Å²) in [4.78, 5) is 0. The molecule has 36 heavy (non-hydrogen) atoms. The van der Waals surface area contributed by atoms with Gasteiger partial charge < -0.3 is 0 Å². The van der Waals surface area contributed by atoms with Gasteiger partial charge in [-0.3, -0.25) is 0 Å². The Morgan fingerprint density at radius 3 is 2.22 bits per heavy atom. The predicted molar refractivity (Wildman–Crippen MR) is 152 cm³/mol. The molecule has 0 saturated carbocycles. The van der Waals surface area contributed by atoms with Gasteiger partial charge in [-0.05, 0) is 80.6 Å². The van der Waals surface area contributed by atoms with Crippen molar-refractivity contribution in [2.75, 3.05) is 0 Å². The van der Waals surface area contributed by atoms with Gasteiger partial charge in [0.2, 0.25) is 0 Å². The van der Waals surface area contributed by atoms with Gasteiger partial charge in [-0.15, -0.1) is 0 Å². The van der Waals surface area contributed by atoms with Gasteiger partial charge in [0.1, 0.15) is 0 Å². The number of hydrogen-bond acceptors (Lipinski definition) is 0. The van der Waals surface area contributed by atoms with Crippen molar-refractivity contribution in [1.29, 1.82) is 0 Å². The number of rotatable bonds is 3. The van der Waals surface area contributed by atoms with Gasteiger partial charge in [0, 0.05) is 0 Å². The first-order chi connectivity index (χ1) is 17.8. The van der Waals surface area contributed by atoms with Gasteiger partial charge in [-0.2, -0.15) is 0 Å². The molecule has 0 aliphatic heterocycles. The Kier molecular flexibility index (Phi) is 4.82. The van der Waals surface area contributed by atoms with Crippen LogP contribution in [-0.4, -0.2) is 0 Å². The molecule has 0 bridgehead atoms. The monoisotopic (exact) mass is 460 g/mol. The summed E-state index contributed by atoms with van der Waals surface area (Å²) in [5.74, 6) is 0. The second-order valence-corrected chi connectivity index (χ2v) is 10.1. The molecule has 0 fully saturated rings. The van der Waals surface area contributed by atoms with E-state index >= 15 is 0 Å². The van der Waals surface area contributed by atoms with E-state index in [0.29, 0.717) is 0 Å². The molecule has 0 nitrogen and oxygen atoms in total. The van der Waals surface area contributed by atoms with Crippen LogP contribution in [0.15, 0.2) is 133 Å². The van der Waals surface area contributed by atoms with Gasteiger partial charge in [-0.25, -0.2) is 0 Å². The second-order valence-electron chi connectivity index (χ2n) is 10.1. The SMILES string of the molecule is Cc1cc(-c2cccc3c2-c2ccccc2C3(C2=CCCC=C2)c2ccccc2)c2ccccc2c1. The Balaban J connectivity index is 1.63. The number of hydrogen-bond donors (Lipinski definition) is 0. The lowest BCUT2D eigenvalue weighted by Gasteiger charge is -2.35. The standard InChI is InChI=1S/C36H28/c1-25-23-26-13-8-9-18-29(26)32(24-25)30-20-12-22-34-35(30)31-19-10-11-21-33(31)36(34,27-14-4-2-5-15-27)28-16-6-3-7-17-28/h2,4-6,8-24H,3,7H2,1H3. The minimum Gasteiger partial charge on any atom is -0.0839 e. The van der Waals surface area contributed by atoms with Crippen LogP contribution in [-0.2, 0) is 5.41 Å². The number of allylic oxidation sites excluding steroid dienone is 4. The first kappa shape index (κ1) is 21.1. The lowest BCUT2D eigenvalue weighted by molar-refractivity contribution is 0.751. The average Bonchev–Trinajstić information content (AvgIpc) is 3.25. The molecule has 0 amide bonds. The van der Waals surface area contributed by atoms with Gasteiger partial charge in [0.15, 0.2) is 0 Å². The molecular formula is C36H28. The number of aryl methyl sites for hydroxylation is 1. The molecule has 0 spiro atoms. The third-order valence-corrected chi connectivity index (χ3v) is 8.00. The largest absolute Gasteiger partial charge is 0.0839 e. The Bertz CT molecular complexity index is 1680. The van der Waals surface area contributed by atoms with E-state index < -0.39 is 0 Å². The molecule has 172 valence electrons. The van der Waals surface area contributed by atoms with Gasteiger partial charge >= 0.3 is 0 Å². The van der Waals surface area contributed by atoms with Crippen LogP contribution in [0.3, 0.4) is 0 Å². The third-order valence-electron chi connectivity index (χ3n) is 8.00. The summed E-state index contributed by atoms with van der Waals surface area (Å²) in [5, 5.41) is 2.60. The zero-order valence-electron chi connectivity index (χ0n) is 20.5. The molecule has 0 heterocycles. The van der Waals surface area contributed by atoms with Crippen molar-refractivity contribution in [3.05, 3.63) is 155 Å².